The van der Waals surface area contributed by atoms with Crippen molar-refractivity contribution < 1.29 is 14.1 Å². The Morgan fingerprint density at radius 1 is 1.11 bits per heavy atom. The van der Waals surface area contributed by atoms with Crippen LogP contribution in [0.4, 0.5) is 0 Å². The second-order valence-corrected chi connectivity index (χ2v) is 7.90. The van der Waals surface area contributed by atoms with Gasteiger partial charge in [0.25, 0.3) is 5.91 Å². The molecule has 9 heteroatoms. The van der Waals surface area contributed by atoms with Crippen molar-refractivity contribution in [3.05, 3.63) is 45.1 Å². The first kappa shape index (κ1) is 17.9. The lowest BCUT2D eigenvalue weighted by molar-refractivity contribution is -0.132. The average Bonchev–Trinajstić information content (AvgIpc) is 3.47. The van der Waals surface area contributed by atoms with Crippen molar-refractivity contribution in [2.45, 2.75) is 12.8 Å². The third-order valence-corrected chi connectivity index (χ3v) is 5.99. The molecule has 0 aromatic carbocycles. The largest absolute Gasteiger partial charge is 0.339 e. The maximum Gasteiger partial charge on any atom is 0.264 e. The maximum absolute atomic E-state index is 12.4. The lowest BCUT2D eigenvalue weighted by atomic mass is 10.2. The Kier molecular flexibility index (Phi) is 5.30. The number of rotatable bonds is 5. The molecule has 0 N–H and O–H groups in total. The van der Waals surface area contributed by atoms with E-state index < -0.39 is 0 Å². The molecular formula is C18H18N4O3S2. The van der Waals surface area contributed by atoms with Gasteiger partial charge in [0, 0.05) is 50.0 Å². The molecule has 1 saturated heterocycles. The molecule has 0 radical (unpaired) electrons. The summed E-state index contributed by atoms with van der Waals surface area (Å²) in [7, 11) is 0. The van der Waals surface area contributed by atoms with E-state index in [9.17, 15) is 9.59 Å². The van der Waals surface area contributed by atoms with Gasteiger partial charge in [-0.05, 0) is 22.9 Å². The smallest absolute Gasteiger partial charge is 0.264 e. The van der Waals surface area contributed by atoms with Crippen LogP contribution in [0.5, 0.6) is 0 Å². The quantitative estimate of drug-likeness (QED) is 0.656. The lowest BCUT2D eigenvalue weighted by Gasteiger charge is -2.34. The summed E-state index contributed by atoms with van der Waals surface area (Å²) >= 11 is 3.02. The number of carbonyl (C=O) groups is 2. The van der Waals surface area contributed by atoms with Crippen LogP contribution in [-0.4, -0.2) is 57.9 Å². The van der Waals surface area contributed by atoms with Gasteiger partial charge < -0.3 is 14.3 Å². The Morgan fingerprint density at radius 3 is 2.63 bits per heavy atom. The number of aromatic nitrogens is 2. The lowest BCUT2D eigenvalue weighted by Crippen LogP contribution is -2.50. The number of thiophene rings is 2. The summed E-state index contributed by atoms with van der Waals surface area (Å²) in [4.78, 5) is 33.5. The maximum atomic E-state index is 12.4. The van der Waals surface area contributed by atoms with E-state index in [1.807, 2.05) is 34.3 Å². The zero-order valence-electron chi connectivity index (χ0n) is 14.5. The number of amides is 2. The van der Waals surface area contributed by atoms with E-state index in [1.165, 1.54) is 11.3 Å². The van der Waals surface area contributed by atoms with E-state index in [-0.39, 0.29) is 11.8 Å². The van der Waals surface area contributed by atoms with Gasteiger partial charge in [-0.25, -0.2) is 0 Å². The number of hydrogen-bond acceptors (Lipinski definition) is 7. The molecule has 0 spiro atoms. The van der Waals surface area contributed by atoms with E-state index in [1.54, 1.807) is 21.1 Å². The average molecular weight is 403 g/mol. The van der Waals surface area contributed by atoms with Crippen molar-refractivity contribution in [2.75, 3.05) is 26.2 Å². The summed E-state index contributed by atoms with van der Waals surface area (Å²) in [5.74, 6) is 1.12. The molecule has 1 aliphatic heterocycles. The highest BCUT2D eigenvalue weighted by Gasteiger charge is 2.25. The van der Waals surface area contributed by atoms with E-state index in [4.69, 9.17) is 4.52 Å². The highest BCUT2D eigenvalue weighted by atomic mass is 32.1. The van der Waals surface area contributed by atoms with Gasteiger partial charge in [-0.1, -0.05) is 11.2 Å². The second kappa shape index (κ2) is 8.01. The Labute approximate surface area is 164 Å². The minimum atomic E-state index is 0.0453. The van der Waals surface area contributed by atoms with Gasteiger partial charge in [0.15, 0.2) is 0 Å². The molecule has 0 aliphatic carbocycles. The fraction of sp³-hybridized carbons (Fsp3) is 0.333. The van der Waals surface area contributed by atoms with E-state index in [2.05, 4.69) is 10.1 Å². The summed E-state index contributed by atoms with van der Waals surface area (Å²) in [6.07, 6.45) is 0.744. The van der Waals surface area contributed by atoms with Crippen molar-refractivity contribution >= 4 is 34.5 Å². The summed E-state index contributed by atoms with van der Waals surface area (Å²) < 4.78 is 5.24. The third-order valence-electron chi connectivity index (χ3n) is 4.45. The van der Waals surface area contributed by atoms with Crippen molar-refractivity contribution in [2.24, 2.45) is 0 Å². The standard InChI is InChI=1S/C18H18N4O3S2/c23-16(4-3-15-19-17(20-25-15)13-5-11-26-12-13)21-6-8-22(9-7-21)18(24)14-2-1-10-27-14/h1-2,5,10-12H,3-4,6-9H2. The first-order chi connectivity index (χ1) is 13.2. The van der Waals surface area contributed by atoms with Gasteiger partial charge in [0.1, 0.15) is 0 Å². The van der Waals surface area contributed by atoms with Crippen molar-refractivity contribution in [3.8, 4) is 11.4 Å². The number of piperazine rings is 1. The van der Waals surface area contributed by atoms with E-state index in [0.717, 1.165) is 10.4 Å². The van der Waals surface area contributed by atoms with Crippen LogP contribution in [0.3, 0.4) is 0 Å². The Balaban J connectivity index is 1.26. The van der Waals surface area contributed by atoms with Gasteiger partial charge in [0.05, 0.1) is 4.88 Å². The first-order valence-electron chi connectivity index (χ1n) is 8.66. The Morgan fingerprint density at radius 2 is 1.93 bits per heavy atom. The molecule has 1 aliphatic rings. The number of carbonyl (C=O) groups excluding carboxylic acids is 2. The van der Waals surface area contributed by atoms with Gasteiger partial charge in [0.2, 0.25) is 17.6 Å². The summed E-state index contributed by atoms with van der Waals surface area (Å²) in [5, 5.41) is 9.76. The zero-order valence-corrected chi connectivity index (χ0v) is 16.2. The van der Waals surface area contributed by atoms with Crippen LogP contribution in [-0.2, 0) is 11.2 Å². The highest BCUT2D eigenvalue weighted by molar-refractivity contribution is 7.12. The van der Waals surface area contributed by atoms with Crippen LogP contribution >= 0.6 is 22.7 Å². The Bertz CT molecular complexity index is 897. The Hall–Kier alpha value is -2.52. The molecule has 4 rings (SSSR count). The van der Waals surface area contributed by atoms with Crippen LogP contribution in [0.1, 0.15) is 22.0 Å². The number of nitrogens with zero attached hydrogens (tertiary/aromatic N) is 4. The van der Waals surface area contributed by atoms with Crippen LogP contribution in [0, 0.1) is 0 Å². The minimum absolute atomic E-state index is 0.0453. The molecular weight excluding hydrogens is 384 g/mol. The van der Waals surface area contributed by atoms with Crippen molar-refractivity contribution in [3.63, 3.8) is 0 Å². The third kappa shape index (κ3) is 4.09. The minimum Gasteiger partial charge on any atom is -0.339 e. The van der Waals surface area contributed by atoms with Crippen LogP contribution in [0.15, 0.2) is 38.9 Å². The molecule has 1 fully saturated rings. The molecule has 0 atom stereocenters. The van der Waals surface area contributed by atoms with Crippen molar-refractivity contribution in [1.29, 1.82) is 0 Å². The predicted molar refractivity (Wildman–Crippen MR) is 103 cm³/mol. The number of aryl methyl sites for hydroxylation is 1. The van der Waals surface area contributed by atoms with Gasteiger partial charge >= 0.3 is 0 Å². The molecule has 4 heterocycles. The monoisotopic (exact) mass is 402 g/mol. The molecule has 3 aromatic heterocycles. The summed E-state index contributed by atoms with van der Waals surface area (Å²) in [5.41, 5.74) is 0.924. The van der Waals surface area contributed by atoms with Gasteiger partial charge in [-0.15, -0.1) is 11.3 Å². The zero-order chi connectivity index (χ0) is 18.6. The first-order valence-corrected chi connectivity index (χ1v) is 10.5. The molecule has 27 heavy (non-hydrogen) atoms. The van der Waals surface area contributed by atoms with Crippen LogP contribution < -0.4 is 0 Å². The molecule has 140 valence electrons. The van der Waals surface area contributed by atoms with Crippen molar-refractivity contribution in [1.82, 2.24) is 19.9 Å². The van der Waals surface area contributed by atoms with Gasteiger partial charge in [-0.2, -0.15) is 16.3 Å². The fourth-order valence-corrected chi connectivity index (χ4v) is 4.28. The highest BCUT2D eigenvalue weighted by Crippen LogP contribution is 2.19. The normalized spacial score (nSPS) is 14.5. The molecule has 7 nitrogen and oxygen atoms in total. The van der Waals surface area contributed by atoms with Crippen LogP contribution in [0.25, 0.3) is 11.4 Å². The predicted octanol–water partition coefficient (Wildman–Crippen LogP) is 2.78. The summed E-state index contributed by atoms with van der Waals surface area (Å²) in [6.45, 7) is 2.23. The fourth-order valence-electron chi connectivity index (χ4n) is 2.95. The number of hydrogen-bond donors (Lipinski definition) is 0. The van der Waals surface area contributed by atoms with E-state index in [0.29, 0.717) is 50.7 Å². The topological polar surface area (TPSA) is 79.5 Å². The van der Waals surface area contributed by atoms with Gasteiger partial charge in [-0.3, -0.25) is 9.59 Å². The second-order valence-electron chi connectivity index (χ2n) is 6.17. The molecule has 0 bridgehead atoms. The molecule has 3 aromatic rings. The SMILES string of the molecule is O=C(CCc1nc(-c2ccsc2)no1)N1CCN(C(=O)c2cccs2)CC1. The molecule has 0 unspecified atom stereocenters. The van der Waals surface area contributed by atoms with E-state index >= 15 is 0 Å². The summed E-state index contributed by atoms with van der Waals surface area (Å²) in [6, 6.07) is 5.64. The molecule has 0 saturated carbocycles. The van der Waals surface area contributed by atoms with Crippen LogP contribution in [0.2, 0.25) is 0 Å². The molecule has 2 amide bonds.